The summed E-state index contributed by atoms with van der Waals surface area (Å²) < 4.78 is 0. The van der Waals surface area contributed by atoms with Gasteiger partial charge in [0.25, 0.3) is 0 Å². The molecule has 3 rings (SSSR count). The second-order valence-corrected chi connectivity index (χ2v) is 12.1. The highest BCUT2D eigenvalue weighted by molar-refractivity contribution is 6.21. The zero-order valence-electron chi connectivity index (χ0n) is 25.6. The van der Waals surface area contributed by atoms with Gasteiger partial charge in [-0.2, -0.15) is 20.5 Å². The Morgan fingerprint density at radius 3 is 1.17 bits per heavy atom. The molecule has 0 heterocycles. The van der Waals surface area contributed by atoms with Crippen LogP contribution in [0.15, 0.2) is 96.4 Å². The van der Waals surface area contributed by atoms with E-state index in [1.54, 1.807) is 0 Å². The van der Waals surface area contributed by atoms with Crippen molar-refractivity contribution in [3.63, 3.8) is 0 Å². The van der Waals surface area contributed by atoms with Crippen LogP contribution in [0.4, 0.5) is 0 Å². The summed E-state index contributed by atoms with van der Waals surface area (Å²) in [5.41, 5.74) is 4.57. The molecule has 3 aromatic rings. The monoisotopic (exact) mass is 586 g/mol. The first-order valence-electron chi connectivity index (χ1n) is 14.3. The summed E-state index contributed by atoms with van der Waals surface area (Å²) in [6, 6.07) is 16.8. The van der Waals surface area contributed by atoms with Gasteiger partial charge in [-0.1, -0.05) is 96.1 Å². The van der Waals surface area contributed by atoms with Crippen LogP contribution in [0.3, 0.4) is 0 Å². The average molecular weight is 587 g/mol. The third-order valence-corrected chi connectivity index (χ3v) is 7.56. The molecule has 0 amide bonds. The van der Waals surface area contributed by atoms with Gasteiger partial charge in [-0.05, 0) is 34.4 Å². The van der Waals surface area contributed by atoms with Crippen molar-refractivity contribution in [1.29, 1.82) is 0 Å². The number of rotatable bonds is 12. The topological polar surface area (TPSA) is 135 Å². The zero-order chi connectivity index (χ0) is 30.8. The molecule has 0 fully saturated rings. The van der Waals surface area contributed by atoms with Crippen LogP contribution in [-0.4, -0.2) is 25.6 Å². The largest absolute Gasteiger partial charge is 0.507 e. The predicted molar refractivity (Wildman–Crippen MR) is 169 cm³/mol. The van der Waals surface area contributed by atoms with Crippen molar-refractivity contribution in [2.45, 2.75) is 78.9 Å². The molecule has 222 valence electrons. The Balaban J connectivity index is 1.88. The number of nitrogens with zero attached hydrogens (tertiary/aromatic N) is 6. The Labute approximate surface area is 251 Å². The summed E-state index contributed by atoms with van der Waals surface area (Å²) in [5, 5.41) is 58.3. The molecule has 0 saturated heterocycles. The lowest BCUT2D eigenvalue weighted by Crippen LogP contribution is -1.93. The van der Waals surface area contributed by atoms with Gasteiger partial charge < -0.3 is 15.3 Å². The van der Waals surface area contributed by atoms with Crippen LogP contribution in [0, 0.1) is 0 Å². The van der Waals surface area contributed by atoms with Gasteiger partial charge in [-0.15, -0.1) is 10.2 Å². The van der Waals surface area contributed by atoms with Gasteiger partial charge in [-0.25, -0.2) is 0 Å². The SMILES string of the molecule is CC(C)c1cccc(C/N=N/C([SiH3])=C(/N=N/Cc2cccc(C(C)C)c2O)/N=N/Cc2cccc(C(C)C)c2O)c1O. The molecule has 0 aliphatic rings. The van der Waals surface area contributed by atoms with Gasteiger partial charge >= 0.3 is 0 Å². The highest BCUT2D eigenvalue weighted by atomic mass is 28.1. The Morgan fingerprint density at radius 1 is 0.548 bits per heavy atom. The maximum atomic E-state index is 10.7. The van der Waals surface area contributed by atoms with E-state index in [1.165, 1.54) is 0 Å². The second kappa shape index (κ2) is 15.2. The van der Waals surface area contributed by atoms with Gasteiger partial charge in [0.05, 0.1) is 35.2 Å². The number of para-hydroxylation sites is 3. The van der Waals surface area contributed by atoms with E-state index >= 15 is 0 Å². The Morgan fingerprint density at radius 2 is 0.857 bits per heavy atom. The van der Waals surface area contributed by atoms with Crippen LogP contribution in [0.1, 0.15) is 92.7 Å². The molecule has 0 aromatic heterocycles. The Bertz CT molecular complexity index is 1420. The summed E-state index contributed by atoms with van der Waals surface area (Å²) in [5.74, 6) is 1.41. The van der Waals surface area contributed by atoms with Crippen molar-refractivity contribution < 1.29 is 15.3 Å². The van der Waals surface area contributed by atoms with Crippen molar-refractivity contribution in [1.82, 2.24) is 0 Å². The molecular formula is C32H42N6O3Si. The van der Waals surface area contributed by atoms with Crippen LogP contribution in [0.25, 0.3) is 0 Å². The fraction of sp³-hybridized carbons (Fsp3) is 0.375. The third kappa shape index (κ3) is 8.42. The molecule has 3 aromatic carbocycles. The Kier molecular flexibility index (Phi) is 11.7. The maximum Gasteiger partial charge on any atom is 0.213 e. The van der Waals surface area contributed by atoms with Crippen LogP contribution in [0.5, 0.6) is 17.2 Å². The normalized spacial score (nSPS) is 12.2. The molecule has 0 bridgehead atoms. The van der Waals surface area contributed by atoms with Gasteiger partial charge in [0.2, 0.25) is 5.82 Å². The molecule has 0 aliphatic carbocycles. The lowest BCUT2D eigenvalue weighted by Gasteiger charge is -2.11. The van der Waals surface area contributed by atoms with Crippen molar-refractivity contribution in [2.75, 3.05) is 0 Å². The number of azo groups is 3. The van der Waals surface area contributed by atoms with E-state index in [1.807, 2.05) is 96.1 Å². The number of hydrogen-bond donors (Lipinski definition) is 3. The molecule has 0 aliphatic heterocycles. The summed E-state index contributed by atoms with van der Waals surface area (Å²) in [6.45, 7) is 12.7. The van der Waals surface area contributed by atoms with Gasteiger partial charge in [0.15, 0.2) is 0 Å². The Hall–Kier alpha value is -4.18. The average Bonchev–Trinajstić information content (AvgIpc) is 2.94. The number of benzene rings is 3. The molecule has 9 nitrogen and oxygen atoms in total. The van der Waals surface area contributed by atoms with E-state index in [0.29, 0.717) is 32.3 Å². The van der Waals surface area contributed by atoms with E-state index in [2.05, 4.69) is 30.7 Å². The minimum atomic E-state index is 0.157. The highest BCUT2D eigenvalue weighted by Crippen LogP contribution is 2.31. The summed E-state index contributed by atoms with van der Waals surface area (Å²) in [4.78, 5) is 0. The predicted octanol–water partition coefficient (Wildman–Crippen LogP) is 7.92. The number of phenolic OH excluding ortho intramolecular Hbond substituents is 3. The van der Waals surface area contributed by atoms with E-state index < -0.39 is 0 Å². The molecule has 10 heteroatoms. The van der Waals surface area contributed by atoms with Crippen LogP contribution >= 0.6 is 0 Å². The fourth-order valence-corrected chi connectivity index (χ4v) is 4.74. The lowest BCUT2D eigenvalue weighted by molar-refractivity contribution is 0.457. The molecule has 0 radical (unpaired) electrons. The highest BCUT2D eigenvalue weighted by Gasteiger charge is 2.12. The summed E-state index contributed by atoms with van der Waals surface area (Å²) in [6.07, 6.45) is 0. The van der Waals surface area contributed by atoms with Crippen LogP contribution in [0.2, 0.25) is 0 Å². The zero-order valence-corrected chi connectivity index (χ0v) is 27.6. The number of phenols is 3. The van der Waals surface area contributed by atoms with Gasteiger partial charge in [-0.3, -0.25) is 0 Å². The summed E-state index contributed by atoms with van der Waals surface area (Å²) >= 11 is 0. The lowest BCUT2D eigenvalue weighted by atomic mass is 9.99. The van der Waals surface area contributed by atoms with Crippen LogP contribution in [-0.2, 0) is 19.6 Å². The third-order valence-electron chi connectivity index (χ3n) is 6.92. The first-order valence-corrected chi connectivity index (χ1v) is 15.3. The van der Waals surface area contributed by atoms with E-state index in [-0.39, 0.29) is 60.5 Å². The first-order chi connectivity index (χ1) is 20.0. The molecule has 42 heavy (non-hydrogen) atoms. The van der Waals surface area contributed by atoms with Crippen LogP contribution < -0.4 is 0 Å². The standard InChI is InChI=1S/C32H42N6O3Si/c1-19(2)25-13-7-10-22(28(25)39)16-33-36-31(37-34-17-23-11-8-14-26(20(3)4)29(23)40)32(42)38-35-18-24-12-9-15-27(21(5)6)30(24)41/h7-15,19-21,39-41H,16-18H2,1-6,42H3/b36-33+,37-34+,38-35+. The molecule has 0 saturated carbocycles. The molecule has 0 spiro atoms. The maximum absolute atomic E-state index is 10.7. The summed E-state index contributed by atoms with van der Waals surface area (Å²) in [7, 11) is 0.456. The smallest absolute Gasteiger partial charge is 0.213 e. The van der Waals surface area contributed by atoms with E-state index in [0.717, 1.165) is 16.7 Å². The molecular weight excluding hydrogens is 544 g/mol. The van der Waals surface area contributed by atoms with Gasteiger partial charge in [0.1, 0.15) is 17.2 Å². The number of hydrogen-bond acceptors (Lipinski definition) is 9. The molecule has 3 N–H and O–H groups in total. The van der Waals surface area contributed by atoms with Gasteiger partial charge in [0, 0.05) is 16.7 Å². The van der Waals surface area contributed by atoms with Crippen molar-refractivity contribution >= 4 is 10.2 Å². The van der Waals surface area contributed by atoms with Crippen molar-refractivity contribution in [2.24, 2.45) is 30.7 Å². The van der Waals surface area contributed by atoms with E-state index in [4.69, 9.17) is 0 Å². The second-order valence-electron chi connectivity index (χ2n) is 11.1. The molecule has 0 atom stereocenters. The number of aromatic hydroxyl groups is 3. The van der Waals surface area contributed by atoms with E-state index in [9.17, 15) is 15.3 Å². The fourth-order valence-electron chi connectivity index (χ4n) is 4.40. The minimum absolute atomic E-state index is 0.157. The quantitative estimate of drug-likeness (QED) is 0.147. The minimum Gasteiger partial charge on any atom is -0.507 e. The first kappa shape index (κ1) is 32.3. The van der Waals surface area contributed by atoms with Crippen molar-refractivity contribution in [3.8, 4) is 17.2 Å². The van der Waals surface area contributed by atoms with Crippen molar-refractivity contribution in [3.05, 3.63) is 99.1 Å². The molecule has 0 unspecified atom stereocenters.